The van der Waals surface area contributed by atoms with E-state index >= 15 is 0 Å². The maximum atomic E-state index is 12.5. The third-order valence-electron chi connectivity index (χ3n) is 3.83. The van der Waals surface area contributed by atoms with Crippen molar-refractivity contribution < 1.29 is 23.7 Å². The second-order valence-electron chi connectivity index (χ2n) is 5.95. The largest absolute Gasteiger partial charge is 0.475 e. The predicted molar refractivity (Wildman–Crippen MR) is 105 cm³/mol. The molecule has 0 spiro atoms. The molecule has 1 aromatic heterocycles. The molecule has 0 unspecified atom stereocenters. The molecule has 2 rings (SSSR count). The van der Waals surface area contributed by atoms with Crippen LogP contribution in [0.2, 0.25) is 0 Å². The zero-order valence-electron chi connectivity index (χ0n) is 16.5. The van der Waals surface area contributed by atoms with Gasteiger partial charge >= 0.3 is 0 Å². The molecule has 0 radical (unpaired) electrons. The number of hydrogen-bond donors (Lipinski definition) is 1. The third-order valence-corrected chi connectivity index (χ3v) is 3.83. The van der Waals surface area contributed by atoms with Gasteiger partial charge in [-0.15, -0.1) is 0 Å². The summed E-state index contributed by atoms with van der Waals surface area (Å²) in [5.41, 5.74) is 2.44. The van der Waals surface area contributed by atoms with Crippen LogP contribution in [0.25, 0.3) is 0 Å². The van der Waals surface area contributed by atoms with Crippen molar-refractivity contribution in [1.29, 1.82) is 0 Å². The summed E-state index contributed by atoms with van der Waals surface area (Å²) < 4.78 is 21.3. The van der Waals surface area contributed by atoms with Gasteiger partial charge in [0.05, 0.1) is 26.4 Å². The summed E-state index contributed by atoms with van der Waals surface area (Å²) in [6.07, 6.45) is 1.59. The van der Waals surface area contributed by atoms with Gasteiger partial charge in [0.15, 0.2) is 0 Å². The molecule has 7 heteroatoms. The van der Waals surface area contributed by atoms with E-state index in [1.54, 1.807) is 25.4 Å². The van der Waals surface area contributed by atoms with Crippen molar-refractivity contribution in [2.45, 2.75) is 20.1 Å². The smallest absolute Gasteiger partial charge is 0.257 e. The Morgan fingerprint density at radius 3 is 2.68 bits per heavy atom. The average Bonchev–Trinajstić information content (AvgIpc) is 2.73. The van der Waals surface area contributed by atoms with E-state index in [9.17, 15) is 4.79 Å². The van der Waals surface area contributed by atoms with Crippen molar-refractivity contribution in [3.63, 3.8) is 0 Å². The number of carbonyl (C=O) groups excluding carboxylic acids is 1. The summed E-state index contributed by atoms with van der Waals surface area (Å²) in [6.45, 7) is 5.46. The van der Waals surface area contributed by atoms with Crippen LogP contribution in [0.3, 0.4) is 0 Å². The number of pyridine rings is 1. The summed E-state index contributed by atoms with van der Waals surface area (Å²) in [4.78, 5) is 16.7. The molecular weight excluding hydrogens is 360 g/mol. The molecule has 0 fully saturated rings. The highest BCUT2D eigenvalue weighted by Crippen LogP contribution is 2.14. The number of ether oxygens (including phenoxy) is 4. The topological polar surface area (TPSA) is 78.9 Å². The van der Waals surface area contributed by atoms with Crippen LogP contribution >= 0.6 is 0 Å². The van der Waals surface area contributed by atoms with Crippen LogP contribution < -0.4 is 10.1 Å². The quantitative estimate of drug-likeness (QED) is 0.532. The van der Waals surface area contributed by atoms with E-state index in [2.05, 4.69) is 10.3 Å². The highest BCUT2D eigenvalue weighted by Gasteiger charge is 2.13. The number of hydrogen-bond acceptors (Lipinski definition) is 6. The highest BCUT2D eigenvalue weighted by molar-refractivity contribution is 5.96. The first kappa shape index (κ1) is 21.8. The maximum absolute atomic E-state index is 12.5. The summed E-state index contributed by atoms with van der Waals surface area (Å²) in [5.74, 6) is 0.0624. The highest BCUT2D eigenvalue weighted by atomic mass is 16.5. The van der Waals surface area contributed by atoms with E-state index < -0.39 is 0 Å². The molecule has 0 atom stereocenters. The fourth-order valence-corrected chi connectivity index (χ4v) is 2.46. The summed E-state index contributed by atoms with van der Waals surface area (Å²) in [5, 5.41) is 2.91. The zero-order chi connectivity index (χ0) is 20.0. The van der Waals surface area contributed by atoms with Crippen molar-refractivity contribution in [2.75, 3.05) is 40.1 Å². The molecule has 28 heavy (non-hydrogen) atoms. The van der Waals surface area contributed by atoms with Crippen molar-refractivity contribution >= 4 is 5.91 Å². The van der Waals surface area contributed by atoms with Gasteiger partial charge in [-0.2, -0.15) is 0 Å². The Morgan fingerprint density at radius 1 is 1.04 bits per heavy atom. The lowest BCUT2D eigenvalue weighted by atomic mass is 10.1. The van der Waals surface area contributed by atoms with Crippen molar-refractivity contribution in [3.05, 3.63) is 59.3 Å². The minimum Gasteiger partial charge on any atom is -0.475 e. The van der Waals surface area contributed by atoms with Crippen LogP contribution in [-0.4, -0.2) is 51.0 Å². The molecule has 1 amide bonds. The lowest BCUT2D eigenvalue weighted by Gasteiger charge is -2.11. The SMILES string of the molecule is CCOCCOCc1cccc(CNC(=O)c2cccnc2OCCOC)c1. The molecule has 1 heterocycles. The Morgan fingerprint density at radius 2 is 1.86 bits per heavy atom. The number of nitrogens with one attached hydrogen (secondary N) is 1. The van der Waals surface area contributed by atoms with Gasteiger partial charge in [0.25, 0.3) is 5.91 Å². The number of amides is 1. The van der Waals surface area contributed by atoms with Crippen LogP contribution in [0.5, 0.6) is 5.88 Å². The Balaban J connectivity index is 1.86. The molecule has 1 aromatic carbocycles. The Labute approximate surface area is 166 Å². The normalized spacial score (nSPS) is 10.6. The van der Waals surface area contributed by atoms with Crippen molar-refractivity contribution in [2.24, 2.45) is 0 Å². The third kappa shape index (κ3) is 7.64. The number of carbonyl (C=O) groups is 1. The van der Waals surface area contributed by atoms with E-state index in [1.807, 2.05) is 31.2 Å². The molecule has 0 saturated carbocycles. The zero-order valence-corrected chi connectivity index (χ0v) is 16.5. The van der Waals surface area contributed by atoms with E-state index in [0.29, 0.717) is 57.6 Å². The second-order valence-corrected chi connectivity index (χ2v) is 5.95. The van der Waals surface area contributed by atoms with E-state index in [0.717, 1.165) is 11.1 Å². The molecule has 0 aliphatic heterocycles. The molecule has 1 N–H and O–H groups in total. The molecule has 0 bridgehead atoms. The minimum absolute atomic E-state index is 0.237. The summed E-state index contributed by atoms with van der Waals surface area (Å²) in [6, 6.07) is 11.3. The van der Waals surface area contributed by atoms with Gasteiger partial charge in [-0.25, -0.2) is 4.98 Å². The van der Waals surface area contributed by atoms with Gasteiger partial charge in [0, 0.05) is 26.5 Å². The van der Waals surface area contributed by atoms with Crippen LogP contribution in [0.1, 0.15) is 28.4 Å². The molecule has 2 aromatic rings. The second kappa shape index (κ2) is 12.8. The van der Waals surface area contributed by atoms with E-state index in [1.165, 1.54) is 0 Å². The molecule has 0 aliphatic rings. The average molecular weight is 388 g/mol. The van der Waals surface area contributed by atoms with E-state index in [4.69, 9.17) is 18.9 Å². The van der Waals surface area contributed by atoms with Crippen LogP contribution in [0.4, 0.5) is 0 Å². The van der Waals surface area contributed by atoms with Crippen LogP contribution in [0, 0.1) is 0 Å². The van der Waals surface area contributed by atoms with E-state index in [-0.39, 0.29) is 5.91 Å². The lowest BCUT2D eigenvalue weighted by Crippen LogP contribution is -2.24. The van der Waals surface area contributed by atoms with Crippen molar-refractivity contribution in [1.82, 2.24) is 10.3 Å². The van der Waals surface area contributed by atoms with Gasteiger partial charge in [-0.05, 0) is 30.2 Å². The van der Waals surface area contributed by atoms with Gasteiger partial charge in [0.2, 0.25) is 5.88 Å². The molecule has 0 saturated heterocycles. The van der Waals surface area contributed by atoms with Gasteiger partial charge in [-0.3, -0.25) is 4.79 Å². The van der Waals surface area contributed by atoms with Gasteiger partial charge < -0.3 is 24.3 Å². The first-order valence-corrected chi connectivity index (χ1v) is 9.32. The molecule has 7 nitrogen and oxygen atoms in total. The first-order valence-electron chi connectivity index (χ1n) is 9.32. The number of nitrogens with zero attached hydrogens (tertiary/aromatic N) is 1. The summed E-state index contributed by atoms with van der Waals surface area (Å²) in [7, 11) is 1.59. The predicted octanol–water partition coefficient (Wildman–Crippen LogP) is 2.59. The number of methoxy groups -OCH3 is 1. The lowest BCUT2D eigenvalue weighted by molar-refractivity contribution is 0.0453. The fraction of sp³-hybridized carbons (Fsp3) is 0.429. The molecular formula is C21H28N2O5. The first-order chi connectivity index (χ1) is 13.7. The monoisotopic (exact) mass is 388 g/mol. The van der Waals surface area contributed by atoms with Crippen LogP contribution in [0.15, 0.2) is 42.6 Å². The molecule has 152 valence electrons. The summed E-state index contributed by atoms with van der Waals surface area (Å²) >= 11 is 0. The minimum atomic E-state index is -0.237. The Hall–Kier alpha value is -2.48. The van der Waals surface area contributed by atoms with Gasteiger partial charge in [-0.1, -0.05) is 24.3 Å². The number of rotatable bonds is 13. The Bertz CT molecular complexity index is 723. The number of aromatic nitrogens is 1. The van der Waals surface area contributed by atoms with Crippen LogP contribution in [-0.2, 0) is 27.4 Å². The van der Waals surface area contributed by atoms with Gasteiger partial charge in [0.1, 0.15) is 12.2 Å². The van der Waals surface area contributed by atoms with Crippen molar-refractivity contribution in [3.8, 4) is 5.88 Å². The Kier molecular flexibility index (Phi) is 9.99. The molecule has 0 aliphatic carbocycles. The maximum Gasteiger partial charge on any atom is 0.257 e. The number of benzene rings is 1. The standard InChI is InChI=1S/C21H28N2O5/c1-3-26-11-12-27-16-18-7-4-6-17(14-18)15-23-20(24)19-8-5-9-22-21(19)28-13-10-25-2/h4-9,14H,3,10-13,15-16H2,1-2H3,(H,23,24). The fourth-order valence-electron chi connectivity index (χ4n) is 2.46.